The molecule has 0 aromatic heterocycles. The van der Waals surface area contributed by atoms with E-state index in [9.17, 15) is 19.8 Å². The lowest BCUT2D eigenvalue weighted by molar-refractivity contribution is -0.161. The van der Waals surface area contributed by atoms with Gasteiger partial charge in [-0.2, -0.15) is 0 Å². The van der Waals surface area contributed by atoms with Crippen LogP contribution in [0.1, 0.15) is 26.7 Å². The summed E-state index contributed by atoms with van der Waals surface area (Å²) < 4.78 is 0. The molecular weight excluding hydrogens is 298 g/mol. The number of aliphatic carboxylic acids is 1. The Morgan fingerprint density at radius 2 is 2.26 bits per heavy atom. The van der Waals surface area contributed by atoms with E-state index in [4.69, 9.17) is 0 Å². The molecule has 0 saturated carbocycles. The first-order valence-corrected chi connectivity index (χ1v) is 8.17. The number of carbonyl (C=O) groups is 2. The number of hydrogen-bond acceptors (Lipinski definition) is 4. The van der Waals surface area contributed by atoms with E-state index in [0.717, 1.165) is 31.6 Å². The maximum Gasteiger partial charge on any atom is 0.352 e. The molecule has 0 aromatic carbocycles. The smallest absolute Gasteiger partial charge is 0.352 e. The average molecular weight is 321 g/mol. The summed E-state index contributed by atoms with van der Waals surface area (Å²) in [6.07, 6.45) is 2.52. The van der Waals surface area contributed by atoms with Crippen LogP contribution in [0, 0.1) is 11.8 Å². The molecule has 7 heteroatoms. The molecule has 2 fully saturated rings. The first kappa shape index (κ1) is 16.0. The Kier molecular flexibility index (Phi) is 4.14. The minimum Gasteiger partial charge on any atom is -0.477 e. The molecule has 0 aromatic rings. The molecule has 1 amide bonds. The van der Waals surface area contributed by atoms with Crippen molar-refractivity contribution >= 4 is 18.2 Å². The maximum atomic E-state index is 12.2. The van der Waals surface area contributed by atoms with Crippen molar-refractivity contribution in [1.82, 2.24) is 9.80 Å². The van der Waals surface area contributed by atoms with Crippen LogP contribution in [-0.2, 0) is 9.59 Å². The normalized spacial score (nSPS) is 31.8. The van der Waals surface area contributed by atoms with Crippen molar-refractivity contribution in [2.45, 2.75) is 38.8 Å². The fourth-order valence-electron chi connectivity index (χ4n) is 4.04. The molecule has 0 aliphatic carbocycles. The molecule has 0 bridgehead atoms. The van der Waals surface area contributed by atoms with E-state index in [1.54, 1.807) is 6.92 Å². The number of likely N-dealkylation sites (tertiary alicyclic amines) is 1. The van der Waals surface area contributed by atoms with Crippen molar-refractivity contribution in [3.8, 4) is 0 Å². The van der Waals surface area contributed by atoms with Crippen molar-refractivity contribution in [3.63, 3.8) is 0 Å². The number of carboxylic acid groups (broad SMARTS) is 1. The summed E-state index contributed by atoms with van der Waals surface area (Å²) >= 11 is 0. The number of carbonyl (C=O) groups excluding carboxylic acids is 1. The van der Waals surface area contributed by atoms with Crippen LogP contribution in [0.4, 0.5) is 0 Å². The quantitative estimate of drug-likeness (QED) is 0.432. The van der Waals surface area contributed by atoms with Gasteiger partial charge in [-0.1, -0.05) is 0 Å². The molecule has 126 valence electrons. The Balaban J connectivity index is 1.81. The van der Waals surface area contributed by atoms with Crippen LogP contribution in [0.25, 0.3) is 0 Å². The van der Waals surface area contributed by atoms with Crippen LogP contribution in [0.5, 0.6) is 0 Å². The highest BCUT2D eigenvalue weighted by atomic mass is 16.4. The van der Waals surface area contributed by atoms with Crippen LogP contribution < -0.4 is 0 Å². The number of aliphatic imine (C=N–C) groups is 1. The maximum absolute atomic E-state index is 12.2. The monoisotopic (exact) mass is 321 g/mol. The van der Waals surface area contributed by atoms with Gasteiger partial charge in [0.1, 0.15) is 5.70 Å². The molecule has 4 atom stereocenters. The number of aliphatic hydroxyl groups excluding tert-OH is 1. The van der Waals surface area contributed by atoms with Gasteiger partial charge in [-0.3, -0.25) is 9.79 Å². The van der Waals surface area contributed by atoms with Crippen molar-refractivity contribution in [1.29, 1.82) is 0 Å². The van der Waals surface area contributed by atoms with Gasteiger partial charge in [0.15, 0.2) is 0 Å². The lowest BCUT2D eigenvalue weighted by atomic mass is 9.82. The van der Waals surface area contributed by atoms with Gasteiger partial charge in [-0.05, 0) is 32.3 Å². The molecule has 0 unspecified atom stereocenters. The summed E-state index contributed by atoms with van der Waals surface area (Å²) in [5, 5.41) is 19.3. The number of carboxylic acids is 1. The van der Waals surface area contributed by atoms with Crippen molar-refractivity contribution in [2.24, 2.45) is 16.8 Å². The molecule has 2 saturated heterocycles. The van der Waals surface area contributed by atoms with E-state index < -0.39 is 18.0 Å². The van der Waals surface area contributed by atoms with Crippen LogP contribution in [-0.4, -0.2) is 70.0 Å². The summed E-state index contributed by atoms with van der Waals surface area (Å²) in [7, 11) is 0. The molecule has 3 rings (SSSR count). The standard InChI is InChI=1S/C16H23N3O4/c1-3-17-8-18-5-4-10(7-18)11-6-12-13(9(2)20)15(21)19(12)14(11)16(22)23/h8-10,12-13,20H,3-7H2,1-2H3,(H,22,23)/b17-8+/t9-,10-,12-,13-/m1/s1. The van der Waals surface area contributed by atoms with Gasteiger partial charge in [-0.25, -0.2) is 4.79 Å². The molecule has 7 nitrogen and oxygen atoms in total. The average Bonchev–Trinajstić information content (AvgIpc) is 3.06. The number of nitrogens with zero attached hydrogens (tertiary/aromatic N) is 3. The fourth-order valence-corrected chi connectivity index (χ4v) is 4.04. The highest BCUT2D eigenvalue weighted by molar-refractivity contribution is 5.99. The minimum atomic E-state index is -1.04. The van der Waals surface area contributed by atoms with Crippen LogP contribution in [0.3, 0.4) is 0 Å². The number of hydrogen-bond donors (Lipinski definition) is 2. The summed E-state index contributed by atoms with van der Waals surface area (Å²) in [4.78, 5) is 31.6. The molecular formula is C16H23N3O4. The van der Waals surface area contributed by atoms with Crippen molar-refractivity contribution in [2.75, 3.05) is 19.6 Å². The topological polar surface area (TPSA) is 93.4 Å². The van der Waals surface area contributed by atoms with E-state index in [2.05, 4.69) is 9.89 Å². The fraction of sp³-hybridized carbons (Fsp3) is 0.688. The predicted octanol–water partition coefficient (Wildman–Crippen LogP) is 0.307. The highest BCUT2D eigenvalue weighted by Crippen LogP contribution is 2.47. The van der Waals surface area contributed by atoms with Gasteiger partial charge in [-0.15, -0.1) is 0 Å². The number of β-lactam (4-membered cyclic amide) rings is 1. The summed E-state index contributed by atoms with van der Waals surface area (Å²) in [6, 6.07) is -0.193. The van der Waals surface area contributed by atoms with Crippen LogP contribution >= 0.6 is 0 Å². The lowest BCUT2D eigenvalue weighted by Crippen LogP contribution is -2.61. The lowest BCUT2D eigenvalue weighted by Gasteiger charge is -2.44. The molecule has 23 heavy (non-hydrogen) atoms. The van der Waals surface area contributed by atoms with Crippen LogP contribution in [0.15, 0.2) is 16.3 Å². The number of rotatable bonds is 5. The SMILES string of the molecule is CC/N=C/N1CC[C@@H](C2=C(C(=O)O)N3C(=O)[C@H]([C@@H](C)O)[C@H]3C2)C1. The van der Waals surface area contributed by atoms with E-state index in [-0.39, 0.29) is 23.6 Å². The predicted molar refractivity (Wildman–Crippen MR) is 83.8 cm³/mol. The molecule has 0 spiro atoms. The van der Waals surface area contributed by atoms with Gasteiger partial charge in [0.05, 0.1) is 24.4 Å². The summed E-state index contributed by atoms with van der Waals surface area (Å²) in [5.74, 6) is -1.64. The highest BCUT2D eigenvalue weighted by Gasteiger charge is 2.57. The summed E-state index contributed by atoms with van der Waals surface area (Å²) in [6.45, 7) is 5.88. The van der Waals surface area contributed by atoms with Gasteiger partial charge in [0.25, 0.3) is 0 Å². The molecule has 2 N–H and O–H groups in total. The first-order chi connectivity index (χ1) is 11.0. The largest absolute Gasteiger partial charge is 0.477 e. The number of aliphatic hydroxyl groups is 1. The Bertz CT molecular complexity index is 584. The van der Waals surface area contributed by atoms with Gasteiger partial charge in [0, 0.05) is 25.6 Å². The van der Waals surface area contributed by atoms with Gasteiger partial charge >= 0.3 is 5.97 Å². The molecule has 3 heterocycles. The number of fused-ring (bicyclic) bond motifs is 1. The Morgan fingerprint density at radius 1 is 1.52 bits per heavy atom. The zero-order valence-corrected chi connectivity index (χ0v) is 13.5. The third kappa shape index (κ3) is 2.52. The zero-order valence-electron chi connectivity index (χ0n) is 13.5. The minimum absolute atomic E-state index is 0.137. The first-order valence-electron chi connectivity index (χ1n) is 8.17. The second-order valence-corrected chi connectivity index (χ2v) is 6.52. The Hall–Kier alpha value is -1.89. The van der Waals surface area contributed by atoms with Gasteiger partial charge < -0.3 is 20.0 Å². The van der Waals surface area contributed by atoms with E-state index in [0.29, 0.717) is 6.42 Å². The van der Waals surface area contributed by atoms with Gasteiger partial charge in [0.2, 0.25) is 5.91 Å². The molecule has 3 aliphatic rings. The van der Waals surface area contributed by atoms with E-state index >= 15 is 0 Å². The number of amides is 1. The second kappa shape index (κ2) is 5.96. The molecule has 0 radical (unpaired) electrons. The van der Waals surface area contributed by atoms with Crippen molar-refractivity contribution in [3.05, 3.63) is 11.3 Å². The zero-order chi connectivity index (χ0) is 16.7. The Morgan fingerprint density at radius 3 is 2.87 bits per heavy atom. The summed E-state index contributed by atoms with van der Waals surface area (Å²) in [5.41, 5.74) is 1.00. The third-order valence-electron chi connectivity index (χ3n) is 5.11. The Labute approximate surface area is 135 Å². The molecule has 3 aliphatic heterocycles. The van der Waals surface area contributed by atoms with E-state index in [1.807, 2.05) is 13.3 Å². The second-order valence-electron chi connectivity index (χ2n) is 6.52. The third-order valence-corrected chi connectivity index (χ3v) is 5.11. The van der Waals surface area contributed by atoms with E-state index in [1.165, 1.54) is 4.90 Å². The van der Waals surface area contributed by atoms with Crippen LogP contribution in [0.2, 0.25) is 0 Å². The van der Waals surface area contributed by atoms with Crippen molar-refractivity contribution < 1.29 is 19.8 Å².